The van der Waals surface area contributed by atoms with Gasteiger partial charge in [0.25, 0.3) is 5.56 Å². The van der Waals surface area contributed by atoms with Gasteiger partial charge >= 0.3 is 0 Å². The zero-order valence-electron chi connectivity index (χ0n) is 18.4. The van der Waals surface area contributed by atoms with Gasteiger partial charge < -0.3 is 4.98 Å². The topological polar surface area (TPSA) is 114 Å². The van der Waals surface area contributed by atoms with Gasteiger partial charge in [0.2, 0.25) is 10.0 Å². The number of sulfonamides is 1. The Hall–Kier alpha value is -3.63. The van der Waals surface area contributed by atoms with Crippen LogP contribution in [0.3, 0.4) is 0 Å². The van der Waals surface area contributed by atoms with E-state index in [-0.39, 0.29) is 17.0 Å². The van der Waals surface area contributed by atoms with Crippen LogP contribution in [-0.2, 0) is 16.6 Å². The first-order valence-electron chi connectivity index (χ1n) is 11.1. The lowest BCUT2D eigenvalue weighted by molar-refractivity contribution is 0.316. The molecule has 0 amide bonds. The minimum absolute atomic E-state index is 0.0540. The maximum absolute atomic E-state index is 12.8. The highest BCUT2D eigenvalue weighted by Gasteiger charge is 2.29. The average molecular weight is 477 g/mol. The summed E-state index contributed by atoms with van der Waals surface area (Å²) in [7, 11) is -3.53. The molecule has 1 aliphatic rings. The summed E-state index contributed by atoms with van der Waals surface area (Å²) in [6.45, 7) is 1.17. The van der Waals surface area contributed by atoms with Crippen LogP contribution in [0.4, 0.5) is 0 Å². The molecule has 0 aliphatic carbocycles. The van der Waals surface area contributed by atoms with Crippen LogP contribution in [0.15, 0.2) is 70.9 Å². The molecular formula is C24H24N6O3S. The Morgan fingerprint density at radius 3 is 2.38 bits per heavy atom. The highest BCUT2D eigenvalue weighted by atomic mass is 32.2. The molecule has 4 aromatic rings. The van der Waals surface area contributed by atoms with Gasteiger partial charge in [0.1, 0.15) is 5.82 Å². The Morgan fingerprint density at radius 1 is 1.00 bits per heavy atom. The van der Waals surface area contributed by atoms with Crippen molar-refractivity contribution in [3.05, 3.63) is 93.4 Å². The number of hydrogen-bond donors (Lipinski definition) is 1. The van der Waals surface area contributed by atoms with Gasteiger partial charge in [-0.2, -0.15) is 4.31 Å². The molecule has 0 saturated carbocycles. The summed E-state index contributed by atoms with van der Waals surface area (Å²) < 4.78 is 28.6. The van der Waals surface area contributed by atoms with Crippen molar-refractivity contribution in [2.24, 2.45) is 0 Å². The number of benzene rings is 2. The Balaban J connectivity index is 1.32. The zero-order chi connectivity index (χ0) is 23.5. The van der Waals surface area contributed by atoms with Gasteiger partial charge in [-0.05, 0) is 30.0 Å². The van der Waals surface area contributed by atoms with E-state index in [9.17, 15) is 13.2 Å². The van der Waals surface area contributed by atoms with Gasteiger partial charge in [-0.25, -0.2) is 18.1 Å². The van der Waals surface area contributed by atoms with Gasteiger partial charge in [-0.3, -0.25) is 4.79 Å². The number of rotatable bonds is 6. The first-order valence-corrected chi connectivity index (χ1v) is 12.6. The van der Waals surface area contributed by atoms with E-state index >= 15 is 0 Å². The quantitative estimate of drug-likeness (QED) is 0.458. The fourth-order valence-corrected chi connectivity index (χ4v) is 5.36. The Morgan fingerprint density at radius 2 is 1.68 bits per heavy atom. The molecule has 0 atom stereocenters. The Bertz CT molecular complexity index is 1470. The van der Waals surface area contributed by atoms with E-state index in [1.54, 1.807) is 10.8 Å². The molecule has 2 aromatic carbocycles. The molecule has 0 radical (unpaired) electrons. The van der Waals surface area contributed by atoms with E-state index in [1.807, 2.05) is 60.7 Å². The normalized spacial score (nSPS) is 15.9. The highest BCUT2D eigenvalue weighted by Crippen LogP contribution is 2.27. The molecule has 1 aliphatic heterocycles. The molecule has 2 aromatic heterocycles. The molecule has 10 heteroatoms. The maximum atomic E-state index is 12.8. The summed E-state index contributed by atoms with van der Waals surface area (Å²) in [5, 5.41) is 9.37. The second kappa shape index (κ2) is 9.32. The first kappa shape index (κ1) is 22.2. The van der Waals surface area contributed by atoms with E-state index < -0.39 is 10.0 Å². The zero-order valence-corrected chi connectivity index (χ0v) is 19.2. The van der Waals surface area contributed by atoms with Crippen molar-refractivity contribution < 1.29 is 8.42 Å². The number of nitrogens with zero attached hydrogens (tertiary/aromatic N) is 5. The van der Waals surface area contributed by atoms with Crippen LogP contribution in [0.1, 0.15) is 35.7 Å². The number of fused-ring (bicyclic) bond motifs is 1. The lowest BCUT2D eigenvalue weighted by Gasteiger charge is -2.29. The molecule has 0 spiro atoms. The fraction of sp³-hybridized carbons (Fsp3) is 0.250. The molecular weight excluding hydrogens is 452 g/mol. The van der Waals surface area contributed by atoms with Crippen molar-refractivity contribution >= 4 is 27.3 Å². The summed E-state index contributed by atoms with van der Waals surface area (Å²) >= 11 is 0. The molecule has 34 heavy (non-hydrogen) atoms. The molecule has 0 bridgehead atoms. The first-order chi connectivity index (χ1) is 16.5. The molecule has 1 saturated heterocycles. The van der Waals surface area contributed by atoms with Crippen LogP contribution in [0.25, 0.3) is 17.2 Å². The predicted molar refractivity (Wildman–Crippen MR) is 129 cm³/mol. The molecule has 9 nitrogen and oxygen atoms in total. The number of H-pyrrole nitrogens is 1. The van der Waals surface area contributed by atoms with E-state index in [2.05, 4.69) is 20.3 Å². The third-order valence-corrected chi connectivity index (χ3v) is 7.56. The molecule has 174 valence electrons. The number of aromatic nitrogens is 5. The van der Waals surface area contributed by atoms with Gasteiger partial charge in [-0.1, -0.05) is 65.9 Å². The predicted octanol–water partition coefficient (Wildman–Crippen LogP) is 2.74. The van der Waals surface area contributed by atoms with Gasteiger partial charge in [0, 0.05) is 24.4 Å². The Kier molecular flexibility index (Phi) is 6.08. The second-order valence-electron chi connectivity index (χ2n) is 8.29. The van der Waals surface area contributed by atoms with Crippen LogP contribution in [-0.4, -0.2) is 50.8 Å². The van der Waals surface area contributed by atoms with E-state index in [0.29, 0.717) is 43.9 Å². The van der Waals surface area contributed by atoms with E-state index in [0.717, 1.165) is 11.1 Å². The molecule has 0 unspecified atom stereocenters. The fourth-order valence-electron chi connectivity index (χ4n) is 4.14. The van der Waals surface area contributed by atoms with Gasteiger partial charge in [-0.15, -0.1) is 5.10 Å². The van der Waals surface area contributed by atoms with Crippen molar-refractivity contribution in [3.63, 3.8) is 0 Å². The standard InChI is InChI=1S/C24H24N6O3S/c31-24-21-23(30(28-27-21)17-19-9-5-2-6-10-19)25-22(26-24)20-11-14-29(15-12-20)34(32,33)16-13-18-7-3-1-4-8-18/h1-10,13,16,20H,11-12,14-15,17H2,(H,25,26,31). The monoisotopic (exact) mass is 476 g/mol. The number of nitrogens with one attached hydrogen (secondary N) is 1. The molecule has 3 heterocycles. The minimum atomic E-state index is -3.53. The smallest absolute Gasteiger partial charge is 0.281 e. The van der Waals surface area contributed by atoms with E-state index in [1.165, 1.54) is 9.71 Å². The summed E-state index contributed by atoms with van der Waals surface area (Å²) in [6.07, 6.45) is 2.73. The molecule has 1 N–H and O–H groups in total. The van der Waals surface area contributed by atoms with E-state index in [4.69, 9.17) is 0 Å². The van der Waals surface area contributed by atoms with Gasteiger partial charge in [0.05, 0.1) is 6.54 Å². The van der Waals surface area contributed by atoms with Crippen LogP contribution in [0.2, 0.25) is 0 Å². The third-order valence-electron chi connectivity index (χ3n) is 6.00. The SMILES string of the molecule is O=c1[nH]c(C2CCN(S(=O)(=O)C=Cc3ccccc3)CC2)nc2c1nnn2Cc1ccccc1. The summed E-state index contributed by atoms with van der Waals surface area (Å²) in [6, 6.07) is 19.1. The summed E-state index contributed by atoms with van der Waals surface area (Å²) in [4.78, 5) is 20.1. The molecule has 1 fully saturated rings. The number of hydrogen-bond acceptors (Lipinski definition) is 6. The van der Waals surface area contributed by atoms with Crippen molar-refractivity contribution in [2.45, 2.75) is 25.3 Å². The average Bonchev–Trinajstić information content (AvgIpc) is 3.27. The minimum Gasteiger partial charge on any atom is -0.308 e. The van der Waals surface area contributed by atoms with Crippen molar-refractivity contribution in [1.29, 1.82) is 0 Å². The lowest BCUT2D eigenvalue weighted by Crippen LogP contribution is -2.37. The number of piperidine rings is 1. The summed E-state index contributed by atoms with van der Waals surface area (Å²) in [5.41, 5.74) is 2.16. The largest absolute Gasteiger partial charge is 0.308 e. The summed E-state index contributed by atoms with van der Waals surface area (Å²) in [5.74, 6) is 0.493. The van der Waals surface area contributed by atoms with Crippen LogP contribution in [0.5, 0.6) is 0 Å². The van der Waals surface area contributed by atoms with Crippen LogP contribution < -0.4 is 5.56 Å². The highest BCUT2D eigenvalue weighted by molar-refractivity contribution is 7.92. The number of aromatic amines is 1. The molecule has 5 rings (SSSR count). The van der Waals surface area contributed by atoms with Crippen molar-refractivity contribution in [2.75, 3.05) is 13.1 Å². The van der Waals surface area contributed by atoms with Crippen molar-refractivity contribution in [3.8, 4) is 0 Å². The van der Waals surface area contributed by atoms with Gasteiger partial charge in [0.15, 0.2) is 11.2 Å². The Labute approximate surface area is 196 Å². The maximum Gasteiger partial charge on any atom is 0.281 e. The lowest BCUT2D eigenvalue weighted by atomic mass is 9.97. The van der Waals surface area contributed by atoms with Crippen LogP contribution >= 0.6 is 0 Å². The van der Waals surface area contributed by atoms with Crippen molar-refractivity contribution in [1.82, 2.24) is 29.3 Å². The second-order valence-corrected chi connectivity index (χ2v) is 10.1. The third kappa shape index (κ3) is 4.68. The van der Waals surface area contributed by atoms with Crippen LogP contribution in [0, 0.1) is 0 Å².